The number of nitrogens with two attached hydrogens (primary N) is 1. The molecular weight excluding hydrogens is 210 g/mol. The Kier molecular flexibility index (Phi) is 2.93. The summed E-state index contributed by atoms with van der Waals surface area (Å²) in [6.45, 7) is 2.68. The Hall–Kier alpha value is -1.06. The Balaban J connectivity index is 2.65. The van der Waals surface area contributed by atoms with E-state index in [1.54, 1.807) is 0 Å². The van der Waals surface area contributed by atoms with Crippen LogP contribution in [0.5, 0.6) is 0 Å². The number of hydrogen-bond acceptors (Lipinski definition) is 2. The van der Waals surface area contributed by atoms with E-state index in [4.69, 9.17) is 17.3 Å². The molecule has 2 aromatic rings. The van der Waals surface area contributed by atoms with Gasteiger partial charge in [0.1, 0.15) is 10.8 Å². The van der Waals surface area contributed by atoms with E-state index in [9.17, 15) is 0 Å². The topological polar surface area (TPSA) is 43.3 Å². The Labute approximate surface area is 93.9 Å². The minimum absolute atomic E-state index is 0.631. The fourth-order valence-corrected chi connectivity index (χ4v) is 2.03. The molecule has 0 unspecified atom stereocenters. The van der Waals surface area contributed by atoms with Gasteiger partial charge in [-0.05, 0) is 31.0 Å². The number of nitrogens with zero attached hydrogens (tertiary/aromatic N) is 2. The van der Waals surface area contributed by atoms with E-state index in [0.29, 0.717) is 11.7 Å². The van der Waals surface area contributed by atoms with Crippen molar-refractivity contribution in [2.75, 3.05) is 6.54 Å². The highest BCUT2D eigenvalue weighted by molar-refractivity contribution is 6.30. The van der Waals surface area contributed by atoms with E-state index in [1.807, 2.05) is 22.7 Å². The first kappa shape index (κ1) is 10.5. The largest absolute Gasteiger partial charge is 0.330 e. The van der Waals surface area contributed by atoms with E-state index in [0.717, 1.165) is 29.7 Å². The van der Waals surface area contributed by atoms with Crippen molar-refractivity contribution in [2.45, 2.75) is 19.8 Å². The highest BCUT2D eigenvalue weighted by Gasteiger charge is 2.10. The second kappa shape index (κ2) is 4.21. The van der Waals surface area contributed by atoms with Crippen LogP contribution >= 0.6 is 11.6 Å². The highest BCUT2D eigenvalue weighted by Crippen LogP contribution is 2.21. The standard InChI is InChI=1S/C11H14ClN3/c1-2-9-10(12)15-7-3-4-8(5-6-13)11(15)14-9/h3-4,7H,2,5-6,13H2,1H3. The Morgan fingerprint density at radius 3 is 3.00 bits per heavy atom. The summed E-state index contributed by atoms with van der Waals surface area (Å²) < 4.78 is 1.92. The number of pyridine rings is 1. The molecule has 2 aromatic heterocycles. The molecule has 15 heavy (non-hydrogen) atoms. The van der Waals surface area contributed by atoms with Crippen LogP contribution in [0.4, 0.5) is 0 Å². The van der Waals surface area contributed by atoms with Gasteiger partial charge in [0.15, 0.2) is 0 Å². The van der Waals surface area contributed by atoms with Gasteiger partial charge in [-0.2, -0.15) is 0 Å². The lowest BCUT2D eigenvalue weighted by Gasteiger charge is -2.01. The fraction of sp³-hybridized carbons (Fsp3) is 0.364. The van der Waals surface area contributed by atoms with Crippen molar-refractivity contribution in [3.8, 4) is 0 Å². The number of aryl methyl sites for hydroxylation is 1. The molecule has 2 heterocycles. The molecule has 0 aliphatic rings. The Morgan fingerprint density at radius 2 is 2.33 bits per heavy atom. The van der Waals surface area contributed by atoms with Crippen LogP contribution < -0.4 is 5.73 Å². The number of aromatic nitrogens is 2. The monoisotopic (exact) mass is 223 g/mol. The number of fused-ring (bicyclic) bond motifs is 1. The molecule has 2 N–H and O–H groups in total. The first-order valence-electron chi connectivity index (χ1n) is 5.12. The molecule has 0 aromatic carbocycles. The lowest BCUT2D eigenvalue weighted by molar-refractivity contribution is 0.959. The summed E-state index contributed by atoms with van der Waals surface area (Å²) in [5, 5.41) is 0.714. The normalized spacial score (nSPS) is 11.1. The lowest BCUT2D eigenvalue weighted by Crippen LogP contribution is -2.04. The van der Waals surface area contributed by atoms with Crippen LogP contribution in [0.2, 0.25) is 5.15 Å². The molecule has 0 aliphatic heterocycles. The van der Waals surface area contributed by atoms with E-state index in [2.05, 4.69) is 11.9 Å². The Morgan fingerprint density at radius 1 is 1.53 bits per heavy atom. The molecule has 3 nitrogen and oxygen atoms in total. The molecule has 0 bridgehead atoms. The summed E-state index contributed by atoms with van der Waals surface area (Å²) in [4.78, 5) is 4.52. The lowest BCUT2D eigenvalue weighted by atomic mass is 10.2. The van der Waals surface area contributed by atoms with Crippen molar-refractivity contribution in [2.24, 2.45) is 5.73 Å². The number of rotatable bonds is 3. The molecule has 0 fully saturated rings. The maximum Gasteiger partial charge on any atom is 0.141 e. The summed E-state index contributed by atoms with van der Waals surface area (Å²) in [5.74, 6) is 0. The maximum atomic E-state index is 6.20. The van der Waals surface area contributed by atoms with E-state index >= 15 is 0 Å². The van der Waals surface area contributed by atoms with Crippen molar-refractivity contribution in [3.05, 3.63) is 34.7 Å². The fourth-order valence-electron chi connectivity index (χ4n) is 1.72. The van der Waals surface area contributed by atoms with Crippen LogP contribution in [0.1, 0.15) is 18.2 Å². The van der Waals surface area contributed by atoms with Crippen LogP contribution in [0.15, 0.2) is 18.3 Å². The van der Waals surface area contributed by atoms with Gasteiger partial charge >= 0.3 is 0 Å². The second-order valence-electron chi connectivity index (χ2n) is 3.47. The molecule has 0 radical (unpaired) electrons. The summed E-state index contributed by atoms with van der Waals surface area (Å²) in [6, 6.07) is 4.02. The zero-order valence-corrected chi connectivity index (χ0v) is 9.46. The molecule has 80 valence electrons. The number of hydrogen-bond donors (Lipinski definition) is 1. The molecule has 0 spiro atoms. The van der Waals surface area contributed by atoms with E-state index in [1.165, 1.54) is 0 Å². The van der Waals surface area contributed by atoms with Gasteiger partial charge in [0.05, 0.1) is 5.69 Å². The second-order valence-corrected chi connectivity index (χ2v) is 3.83. The highest BCUT2D eigenvalue weighted by atomic mass is 35.5. The third kappa shape index (κ3) is 1.73. The van der Waals surface area contributed by atoms with Crippen molar-refractivity contribution < 1.29 is 0 Å². The van der Waals surface area contributed by atoms with Crippen molar-refractivity contribution in [1.82, 2.24) is 9.38 Å². The van der Waals surface area contributed by atoms with Crippen molar-refractivity contribution in [3.63, 3.8) is 0 Å². The summed E-state index contributed by atoms with van der Waals surface area (Å²) in [5.41, 5.74) is 8.59. The predicted molar refractivity (Wildman–Crippen MR) is 62.3 cm³/mol. The molecule has 0 saturated heterocycles. The molecule has 0 saturated carbocycles. The zero-order chi connectivity index (χ0) is 10.8. The Bertz CT molecular complexity index is 476. The van der Waals surface area contributed by atoms with Gasteiger partial charge in [0.25, 0.3) is 0 Å². The molecule has 0 amide bonds. The number of imidazole rings is 1. The summed E-state index contributed by atoms with van der Waals surface area (Å²) in [7, 11) is 0. The van der Waals surface area contributed by atoms with Gasteiger partial charge in [-0.3, -0.25) is 4.40 Å². The first-order chi connectivity index (χ1) is 7.27. The third-order valence-electron chi connectivity index (χ3n) is 2.49. The van der Waals surface area contributed by atoms with Gasteiger partial charge in [0.2, 0.25) is 0 Å². The average molecular weight is 224 g/mol. The quantitative estimate of drug-likeness (QED) is 0.866. The number of halogens is 1. The average Bonchev–Trinajstić information content (AvgIpc) is 2.58. The van der Waals surface area contributed by atoms with Crippen LogP contribution in [-0.4, -0.2) is 15.9 Å². The van der Waals surface area contributed by atoms with Gasteiger partial charge in [-0.25, -0.2) is 4.98 Å². The van der Waals surface area contributed by atoms with Crippen molar-refractivity contribution >= 4 is 17.2 Å². The molecule has 4 heteroatoms. The molecule has 0 aliphatic carbocycles. The SMILES string of the molecule is CCc1nc2c(CCN)cccn2c1Cl. The maximum absolute atomic E-state index is 6.20. The van der Waals surface area contributed by atoms with E-state index < -0.39 is 0 Å². The summed E-state index contributed by atoms with van der Waals surface area (Å²) >= 11 is 6.20. The molecule has 0 atom stereocenters. The van der Waals surface area contributed by atoms with Crippen LogP contribution in [0.25, 0.3) is 5.65 Å². The van der Waals surface area contributed by atoms with Gasteiger partial charge in [-0.15, -0.1) is 0 Å². The first-order valence-corrected chi connectivity index (χ1v) is 5.50. The van der Waals surface area contributed by atoms with Gasteiger partial charge < -0.3 is 5.73 Å². The minimum atomic E-state index is 0.631. The van der Waals surface area contributed by atoms with Crippen molar-refractivity contribution in [1.29, 1.82) is 0 Å². The predicted octanol–water partition coefficient (Wildman–Crippen LogP) is 2.05. The zero-order valence-electron chi connectivity index (χ0n) is 8.70. The van der Waals surface area contributed by atoms with Crippen LogP contribution in [0.3, 0.4) is 0 Å². The van der Waals surface area contributed by atoms with Gasteiger partial charge in [-0.1, -0.05) is 24.6 Å². The van der Waals surface area contributed by atoms with E-state index in [-0.39, 0.29) is 0 Å². The molecular formula is C11H14ClN3. The summed E-state index contributed by atoms with van der Waals surface area (Å²) in [6.07, 6.45) is 3.62. The van der Waals surface area contributed by atoms with Crippen LogP contribution in [-0.2, 0) is 12.8 Å². The molecule has 2 rings (SSSR count). The third-order valence-corrected chi connectivity index (χ3v) is 2.89. The smallest absolute Gasteiger partial charge is 0.141 e. The van der Waals surface area contributed by atoms with Crippen LogP contribution in [0, 0.1) is 0 Å². The minimum Gasteiger partial charge on any atom is -0.330 e. The van der Waals surface area contributed by atoms with Gasteiger partial charge in [0, 0.05) is 6.20 Å².